The van der Waals surface area contributed by atoms with Crippen LogP contribution in [0.1, 0.15) is 237 Å². The summed E-state index contributed by atoms with van der Waals surface area (Å²) < 4.78 is 116. The fourth-order valence-corrected chi connectivity index (χ4v) is 16.7. The third kappa shape index (κ3) is 37.3. The van der Waals surface area contributed by atoms with Gasteiger partial charge in [-0.1, -0.05) is 103 Å². The number of ether oxygens (including phenoxy) is 21. The van der Waals surface area contributed by atoms with Crippen LogP contribution in [0, 0.1) is 22.2 Å². The van der Waals surface area contributed by atoms with E-state index < -0.39 is 46.3 Å². The van der Waals surface area contributed by atoms with E-state index in [0.717, 1.165) is 114 Å². The first-order valence-corrected chi connectivity index (χ1v) is 45.1. The molecule has 9 saturated heterocycles. The normalized spacial score (nSPS) is 22.3. The largest absolute Gasteiger partial charge is 0.497 e. The third-order valence-electron chi connectivity index (χ3n) is 24.0. The zero-order valence-corrected chi connectivity index (χ0v) is 80.7. The van der Waals surface area contributed by atoms with Crippen molar-refractivity contribution >= 4 is 0 Å². The molecule has 124 heavy (non-hydrogen) atoms. The first-order valence-electron chi connectivity index (χ1n) is 45.1. The lowest BCUT2D eigenvalue weighted by Crippen LogP contribution is -2.44. The highest BCUT2D eigenvalue weighted by Gasteiger charge is 2.48. The summed E-state index contributed by atoms with van der Waals surface area (Å²) in [6, 6.07) is 24.3. The van der Waals surface area contributed by atoms with Crippen molar-refractivity contribution in [3.8, 4) is 17.2 Å². The number of benzene rings is 3. The van der Waals surface area contributed by atoms with Gasteiger partial charge in [-0.05, 0) is 200 Å². The minimum Gasteiger partial charge on any atom is -0.497 e. The van der Waals surface area contributed by atoms with Gasteiger partial charge >= 0.3 is 0 Å². The number of nitrogens with two attached hydrogens (primary N) is 9. The molecule has 0 spiro atoms. The molecule has 30 heteroatoms. The summed E-state index contributed by atoms with van der Waals surface area (Å²) >= 11 is 0. The molecular formula is C94H173N9O21. The smallest absolute Gasteiger partial charge is 0.173 e. The van der Waals surface area contributed by atoms with Gasteiger partial charge in [-0.3, -0.25) is 0 Å². The van der Waals surface area contributed by atoms with Crippen molar-refractivity contribution in [3.05, 3.63) is 89.5 Å². The Kier molecular flexibility index (Phi) is 47.9. The topological polar surface area (TPSA) is 428 Å². The molecule has 0 bridgehead atoms. The second-order valence-corrected chi connectivity index (χ2v) is 37.6. The molecule has 0 saturated carbocycles. The predicted molar refractivity (Wildman–Crippen MR) is 487 cm³/mol. The number of methoxy groups -OCH3 is 3. The molecule has 9 aliphatic heterocycles. The number of rotatable bonds is 32. The molecule has 6 atom stereocenters. The number of unbranched alkanes of at least 4 members (excludes halogenated alkanes) is 1. The molecule has 30 nitrogen and oxygen atoms in total. The summed E-state index contributed by atoms with van der Waals surface area (Å²) in [6.45, 7) is 56.7. The molecule has 9 heterocycles. The van der Waals surface area contributed by atoms with Crippen LogP contribution in [0.5, 0.6) is 17.2 Å². The molecule has 12 rings (SSSR count). The zero-order valence-electron chi connectivity index (χ0n) is 80.7. The van der Waals surface area contributed by atoms with Gasteiger partial charge in [0.15, 0.2) is 63.6 Å². The Bertz CT molecular complexity index is 3270. The highest BCUT2D eigenvalue weighted by molar-refractivity contribution is 5.44. The molecular weight excluding hydrogens is 1590 g/mol. The average Bonchev–Trinajstić information content (AvgIpc) is 1.65. The summed E-state index contributed by atoms with van der Waals surface area (Å²) in [5.41, 5.74) is 54.9. The highest BCUT2D eigenvalue weighted by Crippen LogP contribution is 2.44. The van der Waals surface area contributed by atoms with Gasteiger partial charge in [-0.15, -0.1) is 0 Å². The molecule has 720 valence electrons. The maximum atomic E-state index is 5.90. The predicted octanol–water partition coefficient (Wildman–Crippen LogP) is 11.9. The Morgan fingerprint density at radius 1 is 0.379 bits per heavy atom. The van der Waals surface area contributed by atoms with Gasteiger partial charge < -0.3 is 151 Å². The zero-order chi connectivity index (χ0) is 92.8. The van der Waals surface area contributed by atoms with Crippen molar-refractivity contribution < 1.29 is 99.5 Å². The molecule has 0 aliphatic carbocycles. The van der Waals surface area contributed by atoms with E-state index in [4.69, 9.17) is 151 Å². The van der Waals surface area contributed by atoms with Gasteiger partial charge in [0.05, 0.1) is 146 Å². The minimum absolute atomic E-state index is 0.0379. The maximum absolute atomic E-state index is 5.90. The Hall–Kier alpha value is -4.02. The van der Waals surface area contributed by atoms with Gasteiger partial charge in [0.2, 0.25) is 0 Å². The van der Waals surface area contributed by atoms with Crippen LogP contribution in [0.25, 0.3) is 0 Å². The second-order valence-electron chi connectivity index (χ2n) is 37.6. The van der Waals surface area contributed by atoms with Crippen LogP contribution in [0.15, 0.2) is 72.8 Å². The fourth-order valence-electron chi connectivity index (χ4n) is 16.7. The van der Waals surface area contributed by atoms with Crippen molar-refractivity contribution in [2.24, 2.45) is 73.8 Å². The first kappa shape index (κ1) is 112. The molecule has 9 aliphatic rings. The summed E-state index contributed by atoms with van der Waals surface area (Å²) in [7, 11) is 4.88. The van der Waals surface area contributed by atoms with Gasteiger partial charge in [0, 0.05) is 79.6 Å². The molecule has 0 amide bonds. The van der Waals surface area contributed by atoms with E-state index in [1.165, 1.54) is 5.56 Å². The Morgan fingerprint density at radius 2 is 0.734 bits per heavy atom. The highest BCUT2D eigenvalue weighted by atomic mass is 16.8. The van der Waals surface area contributed by atoms with Crippen molar-refractivity contribution in [3.63, 3.8) is 0 Å². The Labute approximate surface area is 746 Å². The van der Waals surface area contributed by atoms with Crippen molar-refractivity contribution in [2.45, 2.75) is 290 Å². The lowest BCUT2D eigenvalue weighted by Gasteiger charge is -2.39. The molecule has 0 aromatic heterocycles. The van der Waals surface area contributed by atoms with Crippen LogP contribution >= 0.6 is 0 Å². The molecule has 18 N–H and O–H groups in total. The minimum atomic E-state index is -0.672. The van der Waals surface area contributed by atoms with Gasteiger partial charge in [-0.25, -0.2) is 0 Å². The van der Waals surface area contributed by atoms with E-state index in [-0.39, 0.29) is 57.4 Å². The maximum Gasteiger partial charge on any atom is 0.173 e. The summed E-state index contributed by atoms with van der Waals surface area (Å²) in [4.78, 5) is 0. The Morgan fingerprint density at radius 3 is 1.08 bits per heavy atom. The van der Waals surface area contributed by atoms with E-state index in [9.17, 15) is 0 Å². The first-order chi connectivity index (χ1) is 58.2. The van der Waals surface area contributed by atoms with Crippen LogP contribution in [0.4, 0.5) is 0 Å². The van der Waals surface area contributed by atoms with Crippen molar-refractivity contribution in [2.75, 3.05) is 180 Å². The van der Waals surface area contributed by atoms with Gasteiger partial charge in [-0.2, -0.15) is 0 Å². The monoisotopic (exact) mass is 1760 g/mol. The van der Waals surface area contributed by atoms with Gasteiger partial charge in [0.25, 0.3) is 0 Å². The summed E-state index contributed by atoms with van der Waals surface area (Å²) in [5.74, 6) is -1.53. The summed E-state index contributed by atoms with van der Waals surface area (Å²) in [5, 5.41) is 0. The van der Waals surface area contributed by atoms with Crippen LogP contribution in [-0.2, 0) is 85.3 Å². The van der Waals surface area contributed by atoms with Gasteiger partial charge in [0.1, 0.15) is 5.75 Å². The standard InChI is InChI=1S/C14H21NO4.C13H19NO3.C13H19NO2.C11H23NO2.3C9H19NO2.2C8H17NO2/c1-14(18-6-7-19-14)11(9-15)10-4-5-12(16-2)13(8-10)17-3;1-13(16-7-8-17-13)12(9-14)10-3-5-11(15-2)6-4-10;1-13(15-9-10-16-13)12(7-8-14)11-5-3-2-4-6-11;1-10(2,6-4-5-7-12)11(3)13-8-9-14-11;2*1-8(2,7-10)6-9(3)11-4-5-12-9;1-4-8(7(2)10)9(3)11-5-6-12-9;1-7(2,9)6-8(3)10-4-5-11-8;1-7(9)3-4-8(2)10-5-6-11-8/h4-5,8,11H,6-7,9,15H2,1-3H3;3-6,12H,7-9,14H2,1-2H3;2-6,12H,7-10,14H2,1H3;4-9,12H2,1-3H3;2*4-7,10H2,1-3H3;7-8H,4-6,10H2,1-3H3;4-6,9H2,1-3H3;7H,3-6,9H2,1-2H3. The lowest BCUT2D eigenvalue weighted by molar-refractivity contribution is -0.216. The molecule has 6 unspecified atom stereocenters. The van der Waals surface area contributed by atoms with E-state index in [1.807, 2.05) is 151 Å². The van der Waals surface area contributed by atoms with E-state index in [2.05, 4.69) is 60.6 Å². The SMILES string of the molecule is CC(C)(CCCCN)C1(C)OCCO1.CC(C)(CN)CC1(C)OCCO1.CC(C)(CN)CC1(C)OCCO1.CC(C)(N)CC1(C)OCCO1.CC(N)CCC1(C)OCCO1.CC1(C(CCN)c2ccccc2)OCCO1.CCC(C(C)N)C1(C)OCCO1.COc1ccc(C(CN)C2(C)OCCO2)cc1.COc1ccc(C(CN)C2(C)OCCO2)cc1OC. The van der Waals surface area contributed by atoms with Crippen molar-refractivity contribution in [1.82, 2.24) is 0 Å². The number of hydrogen-bond acceptors (Lipinski definition) is 30. The molecule has 9 fully saturated rings. The van der Waals surface area contributed by atoms with Crippen LogP contribution in [0.3, 0.4) is 0 Å². The van der Waals surface area contributed by atoms with Crippen LogP contribution in [-0.4, -0.2) is 249 Å². The molecule has 3 aromatic carbocycles. The quantitative estimate of drug-likeness (QED) is 0.0262. The van der Waals surface area contributed by atoms with Crippen LogP contribution < -0.4 is 65.8 Å². The van der Waals surface area contributed by atoms with E-state index in [0.29, 0.717) is 143 Å². The fraction of sp³-hybridized carbons (Fsp3) is 0.809. The lowest BCUT2D eigenvalue weighted by atomic mass is 9.79. The molecule has 0 radical (unpaired) electrons. The van der Waals surface area contributed by atoms with E-state index in [1.54, 1.807) is 21.3 Å². The molecule has 3 aromatic rings. The average molecular weight is 1770 g/mol. The van der Waals surface area contributed by atoms with Crippen molar-refractivity contribution in [1.29, 1.82) is 0 Å². The second kappa shape index (κ2) is 52.9. The summed E-state index contributed by atoms with van der Waals surface area (Å²) in [6.07, 6.45) is 9.49. The number of hydrogen-bond donors (Lipinski definition) is 9. The van der Waals surface area contributed by atoms with E-state index >= 15 is 0 Å². The Balaban J connectivity index is 0.000000295. The van der Waals surface area contributed by atoms with Crippen LogP contribution in [0.2, 0.25) is 0 Å². The third-order valence-corrected chi connectivity index (χ3v) is 24.0.